The molecule has 0 bridgehead atoms. The fourth-order valence-corrected chi connectivity index (χ4v) is 5.69. The summed E-state index contributed by atoms with van der Waals surface area (Å²) in [5, 5.41) is 3.65. The molecule has 1 spiro atoms. The molecule has 0 radical (unpaired) electrons. The quantitative estimate of drug-likeness (QED) is 0.792. The van der Waals surface area contributed by atoms with E-state index in [0.29, 0.717) is 6.04 Å². The summed E-state index contributed by atoms with van der Waals surface area (Å²) in [6.07, 6.45) is 5.09. The van der Waals surface area contributed by atoms with Crippen LogP contribution in [0.5, 0.6) is 11.5 Å². The van der Waals surface area contributed by atoms with Gasteiger partial charge in [-0.05, 0) is 37.1 Å². The van der Waals surface area contributed by atoms with Gasteiger partial charge in [-0.15, -0.1) is 0 Å². The highest BCUT2D eigenvalue weighted by Crippen LogP contribution is 2.55. The third kappa shape index (κ3) is 2.60. The lowest BCUT2D eigenvalue weighted by Gasteiger charge is -2.43. The van der Waals surface area contributed by atoms with Crippen LogP contribution >= 0.6 is 0 Å². The summed E-state index contributed by atoms with van der Waals surface area (Å²) in [5.74, 6) is 1.65. The van der Waals surface area contributed by atoms with Crippen molar-refractivity contribution in [2.45, 2.75) is 36.9 Å². The van der Waals surface area contributed by atoms with Crippen molar-refractivity contribution in [3.63, 3.8) is 0 Å². The molecule has 3 atom stereocenters. The molecule has 0 unspecified atom stereocenters. The molecular weight excluding hydrogens is 364 g/mol. The van der Waals surface area contributed by atoms with E-state index in [2.05, 4.69) is 46.6 Å². The number of hydrogen-bond acceptors (Lipinski definition) is 5. The molecule has 29 heavy (non-hydrogen) atoms. The molecule has 0 amide bonds. The highest BCUT2D eigenvalue weighted by atomic mass is 16.5. The Morgan fingerprint density at radius 3 is 2.86 bits per heavy atom. The SMILES string of the molecule is COc1ccc(CN2CC[C@]34c5ccccc5N[C@H]3C(C=O)=CC[C@H]24)c(OC)c1. The summed E-state index contributed by atoms with van der Waals surface area (Å²) >= 11 is 0. The predicted octanol–water partition coefficient (Wildman–Crippen LogP) is 3.54. The van der Waals surface area contributed by atoms with Crippen molar-refractivity contribution in [1.29, 1.82) is 0 Å². The van der Waals surface area contributed by atoms with Crippen LogP contribution in [-0.4, -0.2) is 44.0 Å². The number of carbonyl (C=O) groups is 1. The first-order valence-electron chi connectivity index (χ1n) is 10.2. The Kier molecular flexibility index (Phi) is 4.36. The summed E-state index contributed by atoms with van der Waals surface area (Å²) in [5.41, 5.74) is 4.52. The van der Waals surface area contributed by atoms with E-state index in [1.54, 1.807) is 14.2 Å². The molecule has 5 heteroatoms. The van der Waals surface area contributed by atoms with Crippen LogP contribution in [0.2, 0.25) is 0 Å². The molecule has 1 fully saturated rings. The van der Waals surface area contributed by atoms with E-state index >= 15 is 0 Å². The summed E-state index contributed by atoms with van der Waals surface area (Å²) in [6.45, 7) is 1.81. The fourth-order valence-electron chi connectivity index (χ4n) is 5.69. The maximum absolute atomic E-state index is 11.8. The Morgan fingerprint density at radius 2 is 2.07 bits per heavy atom. The van der Waals surface area contributed by atoms with Crippen LogP contribution in [0, 0.1) is 0 Å². The smallest absolute Gasteiger partial charge is 0.147 e. The average molecular weight is 390 g/mol. The minimum atomic E-state index is -0.0543. The number of nitrogens with one attached hydrogen (secondary N) is 1. The average Bonchev–Trinajstić information content (AvgIpc) is 3.31. The molecular formula is C24H26N2O3. The van der Waals surface area contributed by atoms with Gasteiger partial charge in [-0.3, -0.25) is 9.69 Å². The van der Waals surface area contributed by atoms with Gasteiger partial charge in [0.1, 0.15) is 17.8 Å². The Balaban J connectivity index is 1.52. The van der Waals surface area contributed by atoms with Crippen LogP contribution in [-0.2, 0) is 16.8 Å². The highest BCUT2D eigenvalue weighted by Gasteiger charge is 2.59. The van der Waals surface area contributed by atoms with Crippen LogP contribution in [0.25, 0.3) is 0 Å². The molecule has 2 aromatic rings. The highest BCUT2D eigenvalue weighted by molar-refractivity contribution is 5.81. The second-order valence-electron chi connectivity index (χ2n) is 8.14. The first-order chi connectivity index (χ1) is 14.2. The van der Waals surface area contributed by atoms with Crippen LogP contribution in [0.4, 0.5) is 5.69 Å². The van der Waals surface area contributed by atoms with E-state index < -0.39 is 0 Å². The molecule has 5 rings (SSSR count). The van der Waals surface area contributed by atoms with E-state index in [4.69, 9.17) is 9.47 Å². The number of methoxy groups -OCH3 is 2. The molecule has 0 aromatic heterocycles. The molecule has 2 aliphatic heterocycles. The van der Waals surface area contributed by atoms with Crippen molar-refractivity contribution in [2.75, 3.05) is 26.1 Å². The lowest BCUT2D eigenvalue weighted by molar-refractivity contribution is -0.105. The van der Waals surface area contributed by atoms with E-state index in [9.17, 15) is 4.79 Å². The maximum Gasteiger partial charge on any atom is 0.147 e. The van der Waals surface area contributed by atoms with Crippen molar-refractivity contribution < 1.29 is 14.3 Å². The van der Waals surface area contributed by atoms with Crippen LogP contribution in [0.1, 0.15) is 24.0 Å². The minimum absolute atomic E-state index is 0.0543. The van der Waals surface area contributed by atoms with Crippen LogP contribution in [0.3, 0.4) is 0 Å². The first-order valence-corrected chi connectivity index (χ1v) is 10.2. The van der Waals surface area contributed by atoms with Gasteiger partial charge in [-0.2, -0.15) is 0 Å². The monoisotopic (exact) mass is 390 g/mol. The fraction of sp³-hybridized carbons (Fsp3) is 0.375. The van der Waals surface area contributed by atoms with E-state index in [1.807, 2.05) is 12.1 Å². The number of para-hydroxylation sites is 1. The third-order valence-electron chi connectivity index (χ3n) is 7.01. The van der Waals surface area contributed by atoms with Gasteiger partial charge in [-0.25, -0.2) is 0 Å². The number of ether oxygens (including phenoxy) is 2. The van der Waals surface area contributed by atoms with Crippen molar-refractivity contribution >= 4 is 12.0 Å². The Hall–Kier alpha value is -2.79. The standard InChI is InChI=1S/C24H26N2O3/c1-28-18-9-7-16(21(13-18)29-2)14-26-12-11-24-19-5-3-4-6-20(19)25-23(24)17(15-27)8-10-22(24)26/h3-9,13,15,22-23,25H,10-12,14H2,1-2H3/t22-,23-,24+/m0/s1. The zero-order chi connectivity index (χ0) is 20.0. The Labute approximate surface area is 171 Å². The lowest BCUT2D eigenvalue weighted by atomic mass is 9.65. The third-order valence-corrected chi connectivity index (χ3v) is 7.01. The van der Waals surface area contributed by atoms with Crippen LogP contribution < -0.4 is 14.8 Å². The van der Waals surface area contributed by atoms with Gasteiger partial charge in [0.15, 0.2) is 0 Å². The molecule has 2 aromatic carbocycles. The molecule has 3 aliphatic rings. The topological polar surface area (TPSA) is 50.8 Å². The molecule has 2 heterocycles. The van der Waals surface area contributed by atoms with Crippen LogP contribution in [0.15, 0.2) is 54.1 Å². The Bertz CT molecular complexity index is 986. The Morgan fingerprint density at radius 1 is 1.21 bits per heavy atom. The number of benzene rings is 2. The van der Waals surface area contributed by atoms with E-state index in [1.165, 1.54) is 11.3 Å². The number of rotatable bonds is 5. The number of nitrogens with zero attached hydrogens (tertiary/aromatic N) is 1. The van der Waals surface area contributed by atoms with Gasteiger partial charge in [0.05, 0.1) is 20.3 Å². The van der Waals surface area contributed by atoms with E-state index in [-0.39, 0.29) is 11.5 Å². The normalized spacial score (nSPS) is 27.3. The van der Waals surface area contributed by atoms with Crippen molar-refractivity contribution in [1.82, 2.24) is 4.90 Å². The van der Waals surface area contributed by atoms with Gasteiger partial charge in [0.25, 0.3) is 0 Å². The number of aldehydes is 1. The number of anilines is 1. The van der Waals surface area contributed by atoms with Gasteiger partial charge in [-0.1, -0.05) is 30.3 Å². The van der Waals surface area contributed by atoms with Crippen molar-refractivity contribution in [3.05, 3.63) is 65.2 Å². The minimum Gasteiger partial charge on any atom is -0.497 e. The molecule has 1 N–H and O–H groups in total. The van der Waals surface area contributed by atoms with Crippen molar-refractivity contribution in [2.24, 2.45) is 0 Å². The number of fused-ring (bicyclic) bond motifs is 1. The van der Waals surface area contributed by atoms with Gasteiger partial charge in [0.2, 0.25) is 0 Å². The number of hydrogen-bond donors (Lipinski definition) is 1. The van der Waals surface area contributed by atoms with Gasteiger partial charge < -0.3 is 14.8 Å². The zero-order valence-electron chi connectivity index (χ0n) is 16.9. The summed E-state index contributed by atoms with van der Waals surface area (Å²) in [6, 6.07) is 15.0. The lowest BCUT2D eigenvalue weighted by Crippen LogP contribution is -2.52. The number of carbonyl (C=O) groups excluding carboxylic acids is 1. The molecule has 1 saturated heterocycles. The number of likely N-dealkylation sites (tertiary alicyclic amines) is 1. The summed E-state index contributed by atoms with van der Waals surface area (Å²) < 4.78 is 11.0. The second-order valence-corrected chi connectivity index (χ2v) is 8.14. The maximum atomic E-state index is 11.8. The molecule has 0 saturated carbocycles. The molecule has 1 aliphatic carbocycles. The van der Waals surface area contributed by atoms with Gasteiger partial charge >= 0.3 is 0 Å². The predicted molar refractivity (Wildman–Crippen MR) is 113 cm³/mol. The first kappa shape index (κ1) is 18.3. The van der Waals surface area contributed by atoms with E-state index in [0.717, 1.165) is 54.9 Å². The summed E-state index contributed by atoms with van der Waals surface area (Å²) in [4.78, 5) is 14.4. The summed E-state index contributed by atoms with van der Waals surface area (Å²) in [7, 11) is 3.37. The molecule has 5 nitrogen and oxygen atoms in total. The largest absolute Gasteiger partial charge is 0.497 e. The van der Waals surface area contributed by atoms with Gasteiger partial charge in [0, 0.05) is 40.9 Å². The second kappa shape index (κ2) is 6.92. The zero-order valence-corrected chi connectivity index (χ0v) is 16.9. The van der Waals surface area contributed by atoms with Crippen molar-refractivity contribution in [3.8, 4) is 11.5 Å². The molecule has 150 valence electrons.